The molecule has 1 heterocycles. The van der Waals surface area contributed by atoms with E-state index in [0.717, 1.165) is 0 Å². The van der Waals surface area contributed by atoms with Gasteiger partial charge >= 0.3 is 0 Å². The molecule has 1 aromatic carbocycles. The molecule has 1 aliphatic heterocycles. The fraction of sp³-hybridized carbons (Fsp3) is 0.529. The van der Waals surface area contributed by atoms with Crippen LogP contribution in [-0.2, 0) is 19.6 Å². The summed E-state index contributed by atoms with van der Waals surface area (Å²) in [7, 11) is -3.93. The highest BCUT2D eigenvalue weighted by Gasteiger charge is 2.30. The number of hydrogen-bond acceptors (Lipinski definition) is 5. The summed E-state index contributed by atoms with van der Waals surface area (Å²) >= 11 is 6.04. The lowest BCUT2D eigenvalue weighted by molar-refractivity contribution is -0.136. The Morgan fingerprint density at radius 2 is 2.00 bits per heavy atom. The minimum absolute atomic E-state index is 0.0527. The molecule has 1 saturated heterocycles. The number of amides is 2. The summed E-state index contributed by atoms with van der Waals surface area (Å²) in [6, 6.07) is 3.17. The fourth-order valence-corrected chi connectivity index (χ4v) is 4.45. The Bertz CT molecular complexity index is 807. The molecule has 1 aromatic rings. The van der Waals surface area contributed by atoms with E-state index in [9.17, 15) is 18.0 Å². The van der Waals surface area contributed by atoms with Crippen molar-refractivity contribution < 1.29 is 22.7 Å². The van der Waals surface area contributed by atoms with Crippen LogP contribution in [0.2, 0.25) is 5.02 Å². The first-order valence-electron chi connectivity index (χ1n) is 8.68. The first-order chi connectivity index (χ1) is 12.7. The molecule has 1 fully saturated rings. The predicted octanol–water partition coefficient (Wildman–Crippen LogP) is 1.13. The zero-order chi connectivity index (χ0) is 20.2. The van der Waals surface area contributed by atoms with Crippen molar-refractivity contribution in [1.82, 2.24) is 9.62 Å². The molecular weight excluding hydrogens is 394 g/mol. The van der Waals surface area contributed by atoms with Crippen molar-refractivity contribution in [2.75, 3.05) is 19.7 Å². The number of sulfonamides is 1. The molecule has 1 aliphatic rings. The Morgan fingerprint density at radius 1 is 1.37 bits per heavy atom. The number of nitrogens with zero attached hydrogens (tertiary/aromatic N) is 1. The average Bonchev–Trinajstić information content (AvgIpc) is 2.62. The monoisotopic (exact) mass is 417 g/mol. The Balaban J connectivity index is 2.03. The largest absolute Gasteiger partial charge is 0.492 e. The van der Waals surface area contributed by atoms with Gasteiger partial charge in [0.15, 0.2) is 0 Å². The van der Waals surface area contributed by atoms with Gasteiger partial charge in [-0.05, 0) is 44.9 Å². The highest BCUT2D eigenvalue weighted by Crippen LogP contribution is 2.27. The van der Waals surface area contributed by atoms with E-state index in [4.69, 9.17) is 22.1 Å². The summed E-state index contributed by atoms with van der Waals surface area (Å²) in [6.07, 6.45) is 0.962. The van der Waals surface area contributed by atoms with Crippen molar-refractivity contribution in [3.63, 3.8) is 0 Å². The van der Waals surface area contributed by atoms with Crippen LogP contribution in [0.15, 0.2) is 23.1 Å². The maximum absolute atomic E-state index is 12.6. The third kappa shape index (κ3) is 5.33. The number of rotatable bonds is 7. The number of primary amides is 1. The van der Waals surface area contributed by atoms with Gasteiger partial charge in [0.05, 0.1) is 22.6 Å². The van der Waals surface area contributed by atoms with Gasteiger partial charge in [0.25, 0.3) is 0 Å². The number of hydrogen-bond donors (Lipinski definition) is 2. The van der Waals surface area contributed by atoms with Crippen LogP contribution in [0.1, 0.15) is 26.7 Å². The normalized spacial score (nSPS) is 16.8. The van der Waals surface area contributed by atoms with E-state index in [1.165, 1.54) is 30.0 Å². The fourth-order valence-electron chi connectivity index (χ4n) is 2.93. The van der Waals surface area contributed by atoms with Gasteiger partial charge in [0, 0.05) is 19.0 Å². The van der Waals surface area contributed by atoms with E-state index < -0.39 is 16.1 Å². The Kier molecular flexibility index (Phi) is 7.07. The van der Waals surface area contributed by atoms with Crippen molar-refractivity contribution in [1.29, 1.82) is 0 Å². The third-order valence-electron chi connectivity index (χ3n) is 4.42. The van der Waals surface area contributed by atoms with Crippen LogP contribution in [-0.4, -0.2) is 50.9 Å². The summed E-state index contributed by atoms with van der Waals surface area (Å²) in [5.41, 5.74) is 5.28. The van der Waals surface area contributed by atoms with Gasteiger partial charge in [0.2, 0.25) is 21.8 Å². The quantitative estimate of drug-likeness (QED) is 0.689. The lowest BCUT2D eigenvalue weighted by atomic mass is 9.96. The zero-order valence-corrected chi connectivity index (χ0v) is 16.8. The first-order valence-corrected chi connectivity index (χ1v) is 10.5. The van der Waals surface area contributed by atoms with Crippen molar-refractivity contribution in [2.45, 2.75) is 37.6 Å². The molecule has 1 atom stereocenters. The van der Waals surface area contributed by atoms with Crippen LogP contribution >= 0.6 is 11.6 Å². The van der Waals surface area contributed by atoms with Gasteiger partial charge in [-0.2, -0.15) is 4.72 Å². The smallest absolute Gasteiger partial charge is 0.241 e. The number of likely N-dealkylation sites (tertiary alicyclic amines) is 1. The topological polar surface area (TPSA) is 119 Å². The summed E-state index contributed by atoms with van der Waals surface area (Å²) in [6.45, 7) is 4.42. The van der Waals surface area contributed by atoms with Gasteiger partial charge in [-0.15, -0.1) is 0 Å². The van der Waals surface area contributed by atoms with E-state index in [0.29, 0.717) is 38.3 Å². The highest BCUT2D eigenvalue weighted by atomic mass is 35.5. The number of halogens is 1. The van der Waals surface area contributed by atoms with Gasteiger partial charge < -0.3 is 15.4 Å². The van der Waals surface area contributed by atoms with Crippen LogP contribution in [0.25, 0.3) is 0 Å². The van der Waals surface area contributed by atoms with Gasteiger partial charge in [0.1, 0.15) is 5.75 Å². The predicted molar refractivity (Wildman–Crippen MR) is 101 cm³/mol. The van der Waals surface area contributed by atoms with Crippen LogP contribution < -0.4 is 15.2 Å². The van der Waals surface area contributed by atoms with E-state index in [2.05, 4.69) is 4.72 Å². The molecule has 0 bridgehead atoms. The Labute approximate surface area is 164 Å². The lowest BCUT2D eigenvalue weighted by Gasteiger charge is -2.32. The Morgan fingerprint density at radius 3 is 2.52 bits per heavy atom. The number of nitrogens with one attached hydrogen (secondary N) is 1. The molecule has 10 heteroatoms. The van der Waals surface area contributed by atoms with Gasteiger partial charge in [-0.25, -0.2) is 8.42 Å². The highest BCUT2D eigenvalue weighted by molar-refractivity contribution is 7.89. The number of carbonyl (C=O) groups is 2. The van der Waals surface area contributed by atoms with E-state index >= 15 is 0 Å². The molecule has 0 aromatic heterocycles. The van der Waals surface area contributed by atoms with Crippen LogP contribution in [0.3, 0.4) is 0 Å². The maximum Gasteiger partial charge on any atom is 0.241 e. The molecule has 2 amide bonds. The second kappa shape index (κ2) is 8.90. The molecule has 0 spiro atoms. The van der Waals surface area contributed by atoms with Crippen LogP contribution in [0.5, 0.6) is 5.75 Å². The van der Waals surface area contributed by atoms with Crippen molar-refractivity contribution in [3.8, 4) is 5.75 Å². The number of carbonyl (C=O) groups excluding carboxylic acids is 2. The average molecular weight is 418 g/mol. The molecule has 0 saturated carbocycles. The summed E-state index contributed by atoms with van der Waals surface area (Å²) in [5, 5.41) is 0.173. The van der Waals surface area contributed by atoms with Crippen molar-refractivity contribution >= 4 is 33.4 Å². The number of ether oxygens (including phenoxy) is 1. The van der Waals surface area contributed by atoms with Crippen LogP contribution in [0, 0.1) is 5.92 Å². The van der Waals surface area contributed by atoms with Crippen molar-refractivity contribution in [3.05, 3.63) is 23.2 Å². The molecule has 150 valence electrons. The molecule has 3 N–H and O–H groups in total. The second-order valence-electron chi connectivity index (χ2n) is 6.37. The molecule has 0 radical (unpaired) electrons. The summed E-state index contributed by atoms with van der Waals surface area (Å²) in [4.78, 5) is 25.2. The van der Waals surface area contributed by atoms with Gasteiger partial charge in [-0.1, -0.05) is 11.6 Å². The van der Waals surface area contributed by atoms with E-state index in [1.54, 1.807) is 6.92 Å². The lowest BCUT2D eigenvalue weighted by Crippen LogP contribution is -2.50. The number of nitrogens with two attached hydrogens (primary N) is 1. The maximum atomic E-state index is 12.6. The molecule has 0 unspecified atom stereocenters. The number of benzene rings is 1. The summed E-state index contributed by atoms with van der Waals surface area (Å²) < 4.78 is 32.8. The standard InChI is InChI=1S/C17H24ClN3O5S/c1-3-26-15-5-4-13(10-14(15)18)27(24,25)20-11(2)17(23)21-8-6-12(7-9-21)16(19)22/h4-5,10-12,20H,3,6-9H2,1-2H3,(H2,19,22)/t11-/m1/s1. The summed E-state index contributed by atoms with van der Waals surface area (Å²) in [5.74, 6) is -0.576. The van der Waals surface area contributed by atoms with Crippen LogP contribution in [0.4, 0.5) is 0 Å². The molecule has 27 heavy (non-hydrogen) atoms. The SMILES string of the molecule is CCOc1ccc(S(=O)(=O)N[C@H](C)C(=O)N2CCC(C(N)=O)CC2)cc1Cl. The first kappa shape index (κ1) is 21.5. The molecule has 0 aliphatic carbocycles. The van der Waals surface area contributed by atoms with Crippen molar-refractivity contribution in [2.24, 2.45) is 11.7 Å². The Hall–Kier alpha value is -1.84. The van der Waals surface area contributed by atoms with E-state index in [1.807, 2.05) is 0 Å². The third-order valence-corrected chi connectivity index (χ3v) is 6.26. The molecular formula is C17H24ClN3O5S. The zero-order valence-electron chi connectivity index (χ0n) is 15.3. The number of piperidine rings is 1. The van der Waals surface area contributed by atoms with E-state index in [-0.39, 0.29) is 27.7 Å². The van der Waals surface area contributed by atoms with Gasteiger partial charge in [-0.3, -0.25) is 9.59 Å². The minimum Gasteiger partial charge on any atom is -0.492 e. The minimum atomic E-state index is -3.93. The molecule has 2 rings (SSSR count). The second-order valence-corrected chi connectivity index (χ2v) is 8.49. The molecule has 8 nitrogen and oxygen atoms in total.